The van der Waals surface area contributed by atoms with Crippen molar-refractivity contribution in [2.24, 2.45) is 5.41 Å². The van der Waals surface area contributed by atoms with Crippen molar-refractivity contribution in [2.45, 2.75) is 19.1 Å². The topological polar surface area (TPSA) is 80.4 Å². The molecule has 1 rings (SSSR count). The van der Waals surface area contributed by atoms with Gasteiger partial charge in [-0.05, 0) is 6.92 Å². The van der Waals surface area contributed by atoms with Gasteiger partial charge in [0.25, 0.3) is 6.04 Å². The number of aliphatic carboxylic acids is 1. The Kier molecular flexibility index (Phi) is 3.00. The molecule has 2 unspecified atom stereocenters. The fourth-order valence-corrected chi connectivity index (χ4v) is 1.43. The van der Waals surface area contributed by atoms with E-state index >= 15 is 0 Å². The highest BCUT2D eigenvalue weighted by atomic mass is 19.4. The molecular weight excluding hydrogens is 243 g/mol. The molecule has 0 saturated carbocycles. The monoisotopic (exact) mass is 251 g/mol. The molecule has 0 aromatic rings. The molecule has 0 fully saturated rings. The summed E-state index contributed by atoms with van der Waals surface area (Å²) in [5.74, 6) is -1.55. The molecule has 1 N–H and O–H groups in total. The summed E-state index contributed by atoms with van der Waals surface area (Å²) in [5, 5.41) is 19.5. The number of carboxylic acid groups (broad SMARTS) is 1. The molecule has 2 atom stereocenters. The molecule has 0 amide bonds. The Hall–Kier alpha value is -1.86. The molecule has 0 aromatic carbocycles. The van der Waals surface area contributed by atoms with Crippen molar-refractivity contribution < 1.29 is 28.0 Å². The van der Waals surface area contributed by atoms with Gasteiger partial charge in [-0.15, -0.1) is 0 Å². The molecular formula is C9H8F3NO4. The second kappa shape index (κ2) is 3.86. The molecule has 0 aromatic heterocycles. The summed E-state index contributed by atoms with van der Waals surface area (Å²) in [6.07, 6.45) is -3.15. The summed E-state index contributed by atoms with van der Waals surface area (Å²) in [6, 6.07) is -1.94. The van der Waals surface area contributed by atoms with Gasteiger partial charge in [-0.25, -0.2) is 0 Å². The maximum atomic E-state index is 12.3. The van der Waals surface area contributed by atoms with Crippen molar-refractivity contribution in [2.75, 3.05) is 0 Å². The fraction of sp³-hybridized carbons (Fsp3) is 0.444. The predicted molar refractivity (Wildman–Crippen MR) is 49.8 cm³/mol. The van der Waals surface area contributed by atoms with Crippen LogP contribution in [0, 0.1) is 15.5 Å². The number of halogens is 3. The van der Waals surface area contributed by atoms with E-state index in [2.05, 4.69) is 0 Å². The zero-order valence-corrected chi connectivity index (χ0v) is 8.56. The lowest BCUT2D eigenvalue weighted by Crippen LogP contribution is -2.44. The highest BCUT2D eigenvalue weighted by molar-refractivity contribution is 5.78. The van der Waals surface area contributed by atoms with Crippen LogP contribution in [-0.2, 0) is 4.79 Å². The fourth-order valence-electron chi connectivity index (χ4n) is 1.43. The number of allylic oxidation sites excluding steroid dienone is 2. The summed E-state index contributed by atoms with van der Waals surface area (Å²) < 4.78 is 37.0. The van der Waals surface area contributed by atoms with E-state index in [-0.39, 0.29) is 0 Å². The number of nitrogens with zero attached hydrogens (tertiary/aromatic N) is 1. The van der Waals surface area contributed by atoms with Gasteiger partial charge in [0, 0.05) is 11.0 Å². The Morgan fingerprint density at radius 1 is 1.59 bits per heavy atom. The maximum absolute atomic E-state index is 12.3. The third-order valence-electron chi connectivity index (χ3n) is 2.58. The number of hydrogen-bond acceptors (Lipinski definition) is 3. The van der Waals surface area contributed by atoms with E-state index < -0.39 is 34.1 Å². The molecule has 5 nitrogen and oxygen atoms in total. The number of hydrogen-bond donors (Lipinski definition) is 1. The first-order valence-electron chi connectivity index (χ1n) is 4.44. The first-order chi connectivity index (χ1) is 7.59. The van der Waals surface area contributed by atoms with Gasteiger partial charge in [0.15, 0.2) is 5.41 Å². The van der Waals surface area contributed by atoms with Crippen molar-refractivity contribution in [3.63, 3.8) is 0 Å². The summed E-state index contributed by atoms with van der Waals surface area (Å²) in [7, 11) is 0. The van der Waals surface area contributed by atoms with Crippen molar-refractivity contribution in [3.8, 4) is 0 Å². The Morgan fingerprint density at radius 2 is 2.12 bits per heavy atom. The molecule has 0 radical (unpaired) electrons. The second-order valence-corrected chi connectivity index (χ2v) is 3.77. The van der Waals surface area contributed by atoms with Gasteiger partial charge in [0.1, 0.15) is 0 Å². The van der Waals surface area contributed by atoms with Gasteiger partial charge in [0.2, 0.25) is 0 Å². The third kappa shape index (κ3) is 2.29. The molecule has 0 bridgehead atoms. The Balaban J connectivity index is 3.24. The summed E-state index contributed by atoms with van der Waals surface area (Å²) in [5.41, 5.74) is -3.18. The smallest absolute Gasteiger partial charge is 0.416 e. The van der Waals surface area contributed by atoms with Crippen LogP contribution in [0.15, 0.2) is 23.8 Å². The lowest BCUT2D eigenvalue weighted by molar-refractivity contribution is -0.522. The molecule has 1 aliphatic carbocycles. The van der Waals surface area contributed by atoms with E-state index in [1.807, 2.05) is 0 Å². The zero-order valence-electron chi connectivity index (χ0n) is 8.56. The minimum atomic E-state index is -4.73. The maximum Gasteiger partial charge on any atom is 0.416 e. The standard InChI is InChI=1S/C9H8F3NO4/c1-8(7(14)15)3-2-5(9(10,11)12)4-6(8)13(16)17/h2-4,6H,1H3,(H,14,15). The lowest BCUT2D eigenvalue weighted by Gasteiger charge is -2.26. The van der Waals surface area contributed by atoms with Crippen LogP contribution in [-0.4, -0.2) is 28.2 Å². The van der Waals surface area contributed by atoms with Crippen molar-refractivity contribution in [3.05, 3.63) is 33.9 Å². The normalized spacial score (nSPS) is 28.7. The van der Waals surface area contributed by atoms with E-state index in [0.29, 0.717) is 18.2 Å². The van der Waals surface area contributed by atoms with E-state index in [1.165, 1.54) is 0 Å². The minimum absolute atomic E-state index is 0.327. The Bertz CT molecular complexity index is 426. The van der Waals surface area contributed by atoms with Crippen molar-refractivity contribution in [1.82, 2.24) is 0 Å². The average molecular weight is 251 g/mol. The number of carboxylic acids is 1. The van der Waals surface area contributed by atoms with Gasteiger partial charge in [0.05, 0.1) is 5.57 Å². The second-order valence-electron chi connectivity index (χ2n) is 3.77. The lowest BCUT2D eigenvalue weighted by atomic mass is 9.78. The van der Waals surface area contributed by atoms with E-state index in [1.54, 1.807) is 0 Å². The average Bonchev–Trinajstić information content (AvgIpc) is 2.15. The molecule has 0 aliphatic heterocycles. The summed E-state index contributed by atoms with van der Waals surface area (Å²) in [6.45, 7) is 1.00. The van der Waals surface area contributed by atoms with Crippen LogP contribution >= 0.6 is 0 Å². The van der Waals surface area contributed by atoms with Crippen LogP contribution < -0.4 is 0 Å². The Morgan fingerprint density at radius 3 is 2.47 bits per heavy atom. The first-order valence-corrected chi connectivity index (χ1v) is 4.44. The molecule has 0 saturated heterocycles. The van der Waals surface area contributed by atoms with Crippen LogP contribution in [0.5, 0.6) is 0 Å². The quantitative estimate of drug-likeness (QED) is 0.599. The van der Waals surface area contributed by atoms with Crippen LogP contribution in [0.2, 0.25) is 0 Å². The number of rotatable bonds is 2. The number of alkyl halides is 3. The van der Waals surface area contributed by atoms with Gasteiger partial charge >= 0.3 is 12.1 Å². The Labute approximate surface area is 93.4 Å². The van der Waals surface area contributed by atoms with Gasteiger partial charge < -0.3 is 5.11 Å². The SMILES string of the molecule is CC1(C(=O)O)C=CC(C(F)(F)F)=CC1[N+](=O)[O-]. The molecule has 94 valence electrons. The van der Waals surface area contributed by atoms with Gasteiger partial charge in [-0.3, -0.25) is 14.9 Å². The molecule has 1 aliphatic rings. The van der Waals surface area contributed by atoms with Crippen LogP contribution in [0.3, 0.4) is 0 Å². The van der Waals surface area contributed by atoms with E-state index in [9.17, 15) is 28.1 Å². The van der Waals surface area contributed by atoms with Gasteiger partial charge in [-0.1, -0.05) is 12.2 Å². The predicted octanol–water partition coefficient (Wildman–Crippen LogP) is 1.78. The summed E-state index contributed by atoms with van der Waals surface area (Å²) >= 11 is 0. The largest absolute Gasteiger partial charge is 0.480 e. The van der Waals surface area contributed by atoms with Crippen LogP contribution in [0.4, 0.5) is 13.2 Å². The molecule has 17 heavy (non-hydrogen) atoms. The highest BCUT2D eigenvalue weighted by Crippen LogP contribution is 2.37. The van der Waals surface area contributed by atoms with E-state index in [4.69, 9.17) is 5.11 Å². The first kappa shape index (κ1) is 13.2. The molecule has 0 spiro atoms. The zero-order chi connectivity index (χ0) is 13.4. The van der Waals surface area contributed by atoms with Crippen molar-refractivity contribution in [1.29, 1.82) is 0 Å². The number of carbonyl (C=O) groups is 1. The van der Waals surface area contributed by atoms with Crippen LogP contribution in [0.1, 0.15) is 6.92 Å². The third-order valence-corrected chi connectivity index (χ3v) is 2.58. The summed E-state index contributed by atoms with van der Waals surface area (Å²) in [4.78, 5) is 20.5. The van der Waals surface area contributed by atoms with Crippen LogP contribution in [0.25, 0.3) is 0 Å². The molecule has 8 heteroatoms. The van der Waals surface area contributed by atoms with Gasteiger partial charge in [-0.2, -0.15) is 13.2 Å². The minimum Gasteiger partial charge on any atom is -0.480 e. The van der Waals surface area contributed by atoms with E-state index in [0.717, 1.165) is 6.92 Å². The highest BCUT2D eigenvalue weighted by Gasteiger charge is 2.50. The molecule has 0 heterocycles. The van der Waals surface area contributed by atoms with Crippen molar-refractivity contribution >= 4 is 5.97 Å². The number of nitro groups is 1.